The Labute approximate surface area is 103 Å². The monoisotopic (exact) mass is 255 g/mol. The van der Waals surface area contributed by atoms with Crippen molar-refractivity contribution in [1.29, 1.82) is 0 Å². The number of amides is 1. The van der Waals surface area contributed by atoms with E-state index in [0.717, 1.165) is 30.6 Å². The Bertz CT molecular complexity index is 423. The Morgan fingerprint density at radius 3 is 2.71 bits per heavy atom. The first-order chi connectivity index (χ1) is 8.16. The van der Waals surface area contributed by atoms with Crippen molar-refractivity contribution in [1.82, 2.24) is 5.32 Å². The number of carbonyl (C=O) groups excluding carboxylic acids is 1. The Morgan fingerprint density at radius 2 is 2.12 bits per heavy atom. The maximum Gasteiger partial charge on any atom is 0.338 e. The second-order valence-corrected chi connectivity index (χ2v) is 5.09. The SMILES string of the molecule is O=C(O)c1coc(C(=O)NC2CCSCC2)c1. The normalized spacial score (nSPS) is 16.7. The van der Waals surface area contributed by atoms with Crippen LogP contribution in [0.5, 0.6) is 0 Å². The van der Waals surface area contributed by atoms with E-state index >= 15 is 0 Å². The fraction of sp³-hybridized carbons (Fsp3) is 0.455. The van der Waals surface area contributed by atoms with Crippen molar-refractivity contribution in [2.75, 3.05) is 11.5 Å². The molecule has 0 radical (unpaired) electrons. The third-order valence-electron chi connectivity index (χ3n) is 2.63. The average molecular weight is 255 g/mol. The molecule has 0 aromatic carbocycles. The molecule has 0 atom stereocenters. The number of carboxylic acids is 1. The number of hydrogen-bond acceptors (Lipinski definition) is 4. The molecule has 2 N–H and O–H groups in total. The number of nitrogens with one attached hydrogen (secondary N) is 1. The van der Waals surface area contributed by atoms with Gasteiger partial charge in [-0.05, 0) is 24.3 Å². The summed E-state index contributed by atoms with van der Waals surface area (Å²) in [5.41, 5.74) is -0.00523. The summed E-state index contributed by atoms with van der Waals surface area (Å²) in [5, 5.41) is 11.6. The van der Waals surface area contributed by atoms with Gasteiger partial charge in [0.15, 0.2) is 5.76 Å². The van der Waals surface area contributed by atoms with Gasteiger partial charge in [0.05, 0.1) is 5.56 Å². The predicted molar refractivity (Wildman–Crippen MR) is 63.5 cm³/mol. The lowest BCUT2D eigenvalue weighted by Gasteiger charge is -2.21. The van der Waals surface area contributed by atoms with Crippen molar-refractivity contribution in [2.24, 2.45) is 0 Å². The number of hydrogen-bond donors (Lipinski definition) is 2. The maximum atomic E-state index is 11.7. The highest BCUT2D eigenvalue weighted by Crippen LogP contribution is 2.17. The topological polar surface area (TPSA) is 79.5 Å². The molecule has 2 heterocycles. The van der Waals surface area contributed by atoms with Gasteiger partial charge in [0.1, 0.15) is 6.26 Å². The van der Waals surface area contributed by atoms with Crippen molar-refractivity contribution in [3.63, 3.8) is 0 Å². The van der Waals surface area contributed by atoms with Crippen molar-refractivity contribution in [2.45, 2.75) is 18.9 Å². The van der Waals surface area contributed by atoms with Crippen molar-refractivity contribution < 1.29 is 19.1 Å². The van der Waals surface area contributed by atoms with Gasteiger partial charge in [0, 0.05) is 12.1 Å². The van der Waals surface area contributed by atoms with Gasteiger partial charge in [0.2, 0.25) is 0 Å². The van der Waals surface area contributed by atoms with E-state index in [1.165, 1.54) is 6.07 Å². The van der Waals surface area contributed by atoms with Crippen LogP contribution in [-0.2, 0) is 0 Å². The quantitative estimate of drug-likeness (QED) is 0.857. The molecular formula is C11H13NO4S. The van der Waals surface area contributed by atoms with Crippen molar-refractivity contribution in [3.05, 3.63) is 23.7 Å². The molecule has 0 unspecified atom stereocenters. The van der Waals surface area contributed by atoms with Crippen LogP contribution in [-0.4, -0.2) is 34.5 Å². The zero-order chi connectivity index (χ0) is 12.3. The number of carboxylic acid groups (broad SMARTS) is 1. The Morgan fingerprint density at radius 1 is 1.41 bits per heavy atom. The molecule has 1 aromatic rings. The van der Waals surface area contributed by atoms with Gasteiger partial charge in [-0.2, -0.15) is 11.8 Å². The van der Waals surface area contributed by atoms with Crippen LogP contribution in [0.4, 0.5) is 0 Å². The lowest BCUT2D eigenvalue weighted by Crippen LogP contribution is -2.37. The summed E-state index contributed by atoms with van der Waals surface area (Å²) < 4.78 is 4.93. The molecule has 6 heteroatoms. The summed E-state index contributed by atoms with van der Waals surface area (Å²) in [6.07, 6.45) is 2.97. The van der Waals surface area contributed by atoms with Crippen LogP contribution in [0.25, 0.3) is 0 Å². The molecule has 17 heavy (non-hydrogen) atoms. The fourth-order valence-electron chi connectivity index (χ4n) is 1.67. The van der Waals surface area contributed by atoms with Crippen LogP contribution in [0.1, 0.15) is 33.8 Å². The van der Waals surface area contributed by atoms with E-state index in [2.05, 4.69) is 5.32 Å². The smallest absolute Gasteiger partial charge is 0.338 e. The molecule has 0 bridgehead atoms. The van der Waals surface area contributed by atoms with E-state index in [1.807, 2.05) is 11.8 Å². The lowest BCUT2D eigenvalue weighted by atomic mass is 10.1. The zero-order valence-electron chi connectivity index (χ0n) is 9.14. The van der Waals surface area contributed by atoms with Crippen molar-refractivity contribution >= 4 is 23.6 Å². The van der Waals surface area contributed by atoms with Gasteiger partial charge in [-0.3, -0.25) is 4.79 Å². The van der Waals surface area contributed by atoms with Gasteiger partial charge >= 0.3 is 5.97 Å². The number of furan rings is 1. The molecule has 1 amide bonds. The van der Waals surface area contributed by atoms with Crippen molar-refractivity contribution in [3.8, 4) is 0 Å². The van der Waals surface area contributed by atoms with E-state index in [4.69, 9.17) is 9.52 Å². The minimum absolute atomic E-state index is 0.00523. The van der Waals surface area contributed by atoms with Gasteiger partial charge < -0.3 is 14.8 Å². The molecular weight excluding hydrogens is 242 g/mol. The summed E-state index contributed by atoms with van der Waals surface area (Å²) >= 11 is 1.88. The van der Waals surface area contributed by atoms with E-state index in [0.29, 0.717) is 0 Å². The Hall–Kier alpha value is -1.43. The van der Waals surface area contributed by atoms with Crippen LogP contribution in [0.15, 0.2) is 16.7 Å². The third kappa shape index (κ3) is 3.03. The first-order valence-electron chi connectivity index (χ1n) is 5.37. The first kappa shape index (κ1) is 12.0. The molecule has 1 saturated heterocycles. The highest BCUT2D eigenvalue weighted by Gasteiger charge is 2.19. The minimum Gasteiger partial charge on any atom is -0.478 e. The van der Waals surface area contributed by atoms with Gasteiger partial charge in [0.25, 0.3) is 5.91 Å². The summed E-state index contributed by atoms with van der Waals surface area (Å²) in [6, 6.07) is 1.41. The Kier molecular flexibility index (Phi) is 3.73. The average Bonchev–Trinajstić information content (AvgIpc) is 2.79. The minimum atomic E-state index is -1.10. The molecule has 2 rings (SSSR count). The van der Waals surface area contributed by atoms with Gasteiger partial charge in [-0.15, -0.1) is 0 Å². The van der Waals surface area contributed by atoms with Gasteiger partial charge in [-0.1, -0.05) is 0 Å². The zero-order valence-corrected chi connectivity index (χ0v) is 9.96. The molecule has 5 nitrogen and oxygen atoms in total. The van der Waals surface area contributed by atoms with Crippen LogP contribution < -0.4 is 5.32 Å². The second kappa shape index (κ2) is 5.27. The van der Waals surface area contributed by atoms with Crippen LogP contribution in [0.3, 0.4) is 0 Å². The molecule has 1 aromatic heterocycles. The van der Waals surface area contributed by atoms with E-state index in [9.17, 15) is 9.59 Å². The fourth-order valence-corrected chi connectivity index (χ4v) is 2.77. The Balaban J connectivity index is 1.96. The summed E-state index contributed by atoms with van der Waals surface area (Å²) in [7, 11) is 0. The van der Waals surface area contributed by atoms with Gasteiger partial charge in [-0.25, -0.2) is 4.79 Å². The maximum absolute atomic E-state index is 11.7. The van der Waals surface area contributed by atoms with Crippen LogP contribution in [0, 0.1) is 0 Å². The number of aromatic carboxylic acids is 1. The van der Waals surface area contributed by atoms with E-state index in [-0.39, 0.29) is 23.3 Å². The first-order valence-corrected chi connectivity index (χ1v) is 6.52. The molecule has 92 valence electrons. The van der Waals surface area contributed by atoms with E-state index < -0.39 is 5.97 Å². The number of carbonyl (C=O) groups is 2. The molecule has 0 spiro atoms. The third-order valence-corrected chi connectivity index (χ3v) is 3.68. The summed E-state index contributed by atoms with van der Waals surface area (Å²) in [6.45, 7) is 0. The van der Waals surface area contributed by atoms with E-state index in [1.54, 1.807) is 0 Å². The molecule has 0 aliphatic carbocycles. The number of thioether (sulfide) groups is 1. The molecule has 1 fully saturated rings. The van der Waals surface area contributed by atoms with Crippen LogP contribution in [0.2, 0.25) is 0 Å². The largest absolute Gasteiger partial charge is 0.478 e. The standard InChI is InChI=1S/C11H13NO4S/c13-10(12-8-1-3-17-4-2-8)9-5-7(6-16-9)11(14)15/h5-6,8H,1-4H2,(H,12,13)(H,14,15). The number of rotatable bonds is 3. The van der Waals surface area contributed by atoms with Crippen LogP contribution >= 0.6 is 11.8 Å². The molecule has 1 aliphatic heterocycles. The highest BCUT2D eigenvalue weighted by molar-refractivity contribution is 7.99. The molecule has 1 aliphatic rings. The predicted octanol–water partition coefficient (Wildman–Crippen LogP) is 1.60. The molecule has 0 saturated carbocycles. The summed E-state index contributed by atoms with van der Waals surface area (Å²) in [4.78, 5) is 22.4. The lowest BCUT2D eigenvalue weighted by molar-refractivity contribution is 0.0695. The highest BCUT2D eigenvalue weighted by atomic mass is 32.2. The second-order valence-electron chi connectivity index (χ2n) is 3.86. The summed E-state index contributed by atoms with van der Waals surface area (Å²) in [5.74, 6) is 0.712.